The maximum atomic E-state index is 13.9. The molecule has 0 saturated carbocycles. The lowest BCUT2D eigenvalue weighted by Gasteiger charge is -2.26. The summed E-state index contributed by atoms with van der Waals surface area (Å²) in [6.45, 7) is 1.28. The Morgan fingerprint density at radius 2 is 1.60 bits per heavy atom. The lowest BCUT2D eigenvalue weighted by atomic mass is 10.2. The smallest absolute Gasteiger partial charge is 0.273 e. The molecule has 9 nitrogen and oxygen atoms in total. The summed E-state index contributed by atoms with van der Waals surface area (Å²) in [5.74, 6) is -0.139. The first-order valence-electron chi connectivity index (χ1n) is 15.5. The van der Waals surface area contributed by atoms with Gasteiger partial charge in [0.25, 0.3) is 11.5 Å². The van der Waals surface area contributed by atoms with Crippen LogP contribution in [0.3, 0.4) is 0 Å². The number of para-hydroxylation sites is 1. The van der Waals surface area contributed by atoms with Crippen molar-refractivity contribution in [1.82, 2.24) is 8.87 Å². The summed E-state index contributed by atoms with van der Waals surface area (Å²) in [6.07, 6.45) is 4.29. The Morgan fingerprint density at radius 3 is 2.33 bits per heavy atom. The number of piperidine rings is 1. The molecule has 0 radical (unpaired) electrons. The van der Waals surface area contributed by atoms with E-state index in [1.165, 1.54) is 21.0 Å². The molecule has 242 valence electrons. The number of carbonyl (C=O) groups excluding carboxylic acids is 1. The Bertz CT molecular complexity index is 2270. The van der Waals surface area contributed by atoms with E-state index in [0.717, 1.165) is 36.2 Å². The van der Waals surface area contributed by atoms with Crippen LogP contribution in [0.2, 0.25) is 0 Å². The monoisotopic (exact) mass is 676 g/mol. The summed E-state index contributed by atoms with van der Waals surface area (Å²) < 4.78 is 35.7. The highest BCUT2D eigenvalue weighted by atomic mass is 32.2. The van der Waals surface area contributed by atoms with Crippen LogP contribution in [0.1, 0.15) is 30.4 Å². The molecule has 1 amide bonds. The second-order valence-corrected chi connectivity index (χ2v) is 14.1. The number of carbonyl (C=O) groups is 1. The maximum absolute atomic E-state index is 13.9. The van der Waals surface area contributed by atoms with Crippen molar-refractivity contribution in [3.05, 3.63) is 140 Å². The number of benzene rings is 4. The third-order valence-corrected chi connectivity index (χ3v) is 10.8. The summed E-state index contributed by atoms with van der Waals surface area (Å²) in [5.41, 5.74) is 1.75. The normalized spacial score (nSPS) is 14.6. The molecule has 0 bridgehead atoms. The molecular weight excluding hydrogens is 645 g/mol. The van der Waals surface area contributed by atoms with Gasteiger partial charge in [-0.1, -0.05) is 73.2 Å². The third kappa shape index (κ3) is 7.31. The standard InChI is InChI=1S/C37H32N4O5S2/c38-25-33(35(42)39-29-15-11-19-32(24-29)48(44,45)40-20-8-3-9-21-40)37-41(30-16-6-2-7-17-30)36(43)34(47-37)23-28-14-10-18-31(22-28)46-26-27-12-4-1-5-13-27/h1-2,4-7,10-19,22-24H,3,8-9,20-21,26H2,(H,39,42)/b34-23-,37-33+. The van der Waals surface area contributed by atoms with E-state index in [9.17, 15) is 23.3 Å². The zero-order valence-electron chi connectivity index (χ0n) is 25.9. The summed E-state index contributed by atoms with van der Waals surface area (Å²) in [4.78, 5) is 27.6. The first-order valence-corrected chi connectivity index (χ1v) is 17.7. The number of nitrogens with zero attached hydrogens (tertiary/aromatic N) is 3. The molecule has 1 aliphatic heterocycles. The van der Waals surface area contributed by atoms with Crippen LogP contribution < -0.4 is 24.8 Å². The van der Waals surface area contributed by atoms with Crippen molar-refractivity contribution in [3.63, 3.8) is 0 Å². The number of nitriles is 1. The van der Waals surface area contributed by atoms with Crippen LogP contribution in [0.4, 0.5) is 5.69 Å². The number of sulfonamides is 1. The minimum absolute atomic E-state index is 0.0601. The Morgan fingerprint density at radius 1 is 0.896 bits per heavy atom. The first-order chi connectivity index (χ1) is 23.3. The van der Waals surface area contributed by atoms with E-state index in [-0.39, 0.29) is 20.8 Å². The number of hydrogen-bond donors (Lipinski definition) is 1. The van der Waals surface area contributed by atoms with Gasteiger partial charge in [-0.25, -0.2) is 8.42 Å². The van der Waals surface area contributed by atoms with Crippen molar-refractivity contribution in [3.8, 4) is 17.5 Å². The number of nitrogens with one attached hydrogen (secondary N) is 1. The minimum Gasteiger partial charge on any atom is -0.489 e. The number of hydrogen-bond acceptors (Lipinski definition) is 7. The highest BCUT2D eigenvalue weighted by Gasteiger charge is 2.26. The van der Waals surface area contributed by atoms with Crippen molar-refractivity contribution in [1.29, 1.82) is 5.26 Å². The molecule has 11 heteroatoms. The molecule has 0 atom stereocenters. The lowest BCUT2D eigenvalue weighted by Crippen LogP contribution is -2.35. The van der Waals surface area contributed by atoms with Gasteiger partial charge in [-0.2, -0.15) is 9.57 Å². The highest BCUT2D eigenvalue weighted by molar-refractivity contribution is 7.89. The Labute approximate surface area is 282 Å². The molecule has 1 aliphatic rings. The Balaban J connectivity index is 1.37. The van der Waals surface area contributed by atoms with E-state index in [4.69, 9.17) is 4.74 Å². The molecule has 0 spiro atoms. The van der Waals surface area contributed by atoms with E-state index in [1.807, 2.05) is 60.7 Å². The van der Waals surface area contributed by atoms with Crippen LogP contribution in [-0.2, 0) is 21.4 Å². The fourth-order valence-corrected chi connectivity index (χ4v) is 8.09. The van der Waals surface area contributed by atoms with Gasteiger partial charge in [-0.05, 0) is 72.5 Å². The van der Waals surface area contributed by atoms with Gasteiger partial charge in [0.15, 0.2) is 5.57 Å². The topological polar surface area (TPSA) is 122 Å². The van der Waals surface area contributed by atoms with Crippen LogP contribution in [0.5, 0.6) is 5.75 Å². The molecule has 1 fully saturated rings. The third-order valence-electron chi connectivity index (χ3n) is 7.84. The number of thiazole rings is 1. The number of rotatable bonds is 9. The quantitative estimate of drug-likeness (QED) is 0.240. The largest absolute Gasteiger partial charge is 0.489 e. The minimum atomic E-state index is -3.74. The molecule has 48 heavy (non-hydrogen) atoms. The molecule has 2 heterocycles. The van der Waals surface area contributed by atoms with E-state index in [1.54, 1.807) is 48.5 Å². The molecule has 6 rings (SSSR count). The van der Waals surface area contributed by atoms with Gasteiger partial charge in [0.05, 0.1) is 15.1 Å². The zero-order chi connectivity index (χ0) is 33.5. The van der Waals surface area contributed by atoms with Crippen LogP contribution in [0.25, 0.3) is 17.3 Å². The van der Waals surface area contributed by atoms with Crippen molar-refractivity contribution in [2.24, 2.45) is 0 Å². The lowest BCUT2D eigenvalue weighted by molar-refractivity contribution is -0.111. The van der Waals surface area contributed by atoms with Crippen molar-refractivity contribution >= 4 is 44.6 Å². The van der Waals surface area contributed by atoms with Crippen molar-refractivity contribution in [2.45, 2.75) is 30.8 Å². The van der Waals surface area contributed by atoms with Crippen LogP contribution in [0.15, 0.2) is 119 Å². The summed E-state index contributed by atoms with van der Waals surface area (Å²) in [5, 5.41) is 12.9. The molecule has 0 unspecified atom stereocenters. The molecule has 4 aromatic carbocycles. The van der Waals surface area contributed by atoms with Gasteiger partial charge < -0.3 is 10.1 Å². The molecule has 1 saturated heterocycles. The summed E-state index contributed by atoms with van der Waals surface area (Å²) >= 11 is 1.02. The average molecular weight is 677 g/mol. The van der Waals surface area contributed by atoms with Crippen molar-refractivity contribution < 1.29 is 17.9 Å². The Kier molecular flexibility index (Phi) is 9.96. The second kappa shape index (κ2) is 14.6. The molecular formula is C37H32N4O5S2. The molecule has 0 aliphatic carbocycles. The van der Waals surface area contributed by atoms with E-state index in [0.29, 0.717) is 41.2 Å². The van der Waals surface area contributed by atoms with Crippen LogP contribution in [0, 0.1) is 11.3 Å². The number of amides is 1. The van der Waals surface area contributed by atoms with Gasteiger partial charge >= 0.3 is 0 Å². The van der Waals surface area contributed by atoms with Gasteiger partial charge in [0, 0.05) is 18.8 Å². The SMILES string of the molecule is N#C/C(C(=O)Nc1cccc(S(=O)(=O)N2CCCCC2)c1)=c1\s/c(=C\c2cccc(OCc3ccccc3)c2)c(=O)n1-c1ccccc1. The Hall–Kier alpha value is -5.28. The van der Waals surface area contributed by atoms with E-state index >= 15 is 0 Å². The fraction of sp³-hybridized carbons (Fsp3) is 0.162. The predicted molar refractivity (Wildman–Crippen MR) is 187 cm³/mol. The zero-order valence-corrected chi connectivity index (χ0v) is 27.5. The van der Waals surface area contributed by atoms with E-state index in [2.05, 4.69) is 5.32 Å². The average Bonchev–Trinajstić information content (AvgIpc) is 3.43. The highest BCUT2D eigenvalue weighted by Crippen LogP contribution is 2.23. The van der Waals surface area contributed by atoms with Gasteiger partial charge in [-0.15, -0.1) is 11.3 Å². The van der Waals surface area contributed by atoms with Gasteiger partial charge in [-0.3, -0.25) is 14.2 Å². The first kappa shape index (κ1) is 32.7. The van der Waals surface area contributed by atoms with Crippen molar-refractivity contribution in [2.75, 3.05) is 18.4 Å². The van der Waals surface area contributed by atoms with Gasteiger partial charge in [0.2, 0.25) is 10.0 Å². The number of anilines is 1. The summed E-state index contributed by atoms with van der Waals surface area (Å²) in [6, 6.07) is 33.9. The molecule has 1 N–H and O–H groups in total. The molecule has 5 aromatic rings. The second-order valence-electron chi connectivity index (χ2n) is 11.2. The fourth-order valence-electron chi connectivity index (χ4n) is 5.43. The summed E-state index contributed by atoms with van der Waals surface area (Å²) in [7, 11) is -3.74. The maximum Gasteiger partial charge on any atom is 0.273 e. The van der Waals surface area contributed by atoms with E-state index < -0.39 is 21.5 Å². The van der Waals surface area contributed by atoms with Crippen LogP contribution in [-0.4, -0.2) is 36.3 Å². The number of aromatic nitrogens is 1. The van der Waals surface area contributed by atoms with Crippen LogP contribution >= 0.6 is 11.3 Å². The number of ether oxygens (including phenoxy) is 1. The molecule has 1 aromatic heterocycles. The predicted octanol–water partition coefficient (Wildman–Crippen LogP) is 4.79. The van der Waals surface area contributed by atoms with Gasteiger partial charge in [0.1, 0.15) is 23.1 Å².